The van der Waals surface area contributed by atoms with E-state index >= 15 is 0 Å². The summed E-state index contributed by atoms with van der Waals surface area (Å²) in [4.78, 5) is 2.31. The summed E-state index contributed by atoms with van der Waals surface area (Å²) in [6, 6.07) is 2.21. The number of aromatic nitrogens is 2. The minimum Gasteiger partial charge on any atom is -0.353 e. The fourth-order valence-electron chi connectivity index (χ4n) is 2.00. The van der Waals surface area contributed by atoms with Crippen molar-refractivity contribution in [1.29, 1.82) is 0 Å². The second-order valence-corrected chi connectivity index (χ2v) is 3.91. The molecule has 0 aromatic carbocycles. The van der Waals surface area contributed by atoms with Crippen molar-refractivity contribution >= 4 is 5.82 Å². The maximum Gasteiger partial charge on any atom is 0.151 e. The van der Waals surface area contributed by atoms with Gasteiger partial charge in [-0.3, -0.25) is 0 Å². The molecule has 0 unspecified atom stereocenters. The lowest BCUT2D eigenvalue weighted by atomic mass is 9.95. The molecule has 1 fully saturated rings. The Labute approximate surface area is 83.3 Å². The molecular weight excluding hydrogens is 176 g/mol. The molecule has 0 atom stereocenters. The highest BCUT2D eigenvalue weighted by molar-refractivity contribution is 5.44. The number of rotatable bonds is 1. The highest BCUT2D eigenvalue weighted by atomic mass is 15.3. The normalized spacial score (nSPS) is 20.1. The van der Waals surface area contributed by atoms with Gasteiger partial charge in [0.25, 0.3) is 0 Å². The molecule has 0 saturated carbocycles. The fourth-order valence-corrected chi connectivity index (χ4v) is 2.00. The maximum atomic E-state index is 4.26. The Hall–Kier alpha value is -1.16. The van der Waals surface area contributed by atoms with E-state index in [0.717, 1.165) is 38.4 Å². The van der Waals surface area contributed by atoms with E-state index in [1.54, 1.807) is 0 Å². The lowest BCUT2D eigenvalue weighted by Gasteiger charge is -2.29. The van der Waals surface area contributed by atoms with Gasteiger partial charge >= 0.3 is 0 Å². The van der Waals surface area contributed by atoms with Crippen molar-refractivity contribution in [2.45, 2.75) is 12.8 Å². The first kappa shape index (κ1) is 8.17. The van der Waals surface area contributed by atoms with Crippen LogP contribution >= 0.6 is 0 Å². The molecule has 1 aromatic heterocycles. The summed E-state index contributed by atoms with van der Waals surface area (Å²) in [5.41, 5.74) is 2.59. The molecule has 2 heterocycles. The minimum absolute atomic E-state index is 1.05. The van der Waals surface area contributed by atoms with Crippen molar-refractivity contribution < 1.29 is 0 Å². The topological polar surface area (TPSA) is 41.0 Å². The van der Waals surface area contributed by atoms with Crippen molar-refractivity contribution in [3.05, 3.63) is 17.3 Å². The molecular formula is C10H14N4. The predicted molar refractivity (Wildman–Crippen MR) is 54.5 cm³/mol. The molecule has 1 aromatic rings. The van der Waals surface area contributed by atoms with Gasteiger partial charge < -0.3 is 10.2 Å². The average Bonchev–Trinajstić information content (AvgIpc) is 2.21. The number of aryl methyl sites for hydroxylation is 2. The van der Waals surface area contributed by atoms with Crippen molar-refractivity contribution in [3.8, 4) is 0 Å². The van der Waals surface area contributed by atoms with E-state index in [1.165, 1.54) is 17.7 Å². The monoisotopic (exact) mass is 190 g/mol. The van der Waals surface area contributed by atoms with Gasteiger partial charge in [-0.05, 0) is 24.5 Å². The second-order valence-electron chi connectivity index (χ2n) is 3.91. The largest absolute Gasteiger partial charge is 0.353 e. The van der Waals surface area contributed by atoms with E-state index in [9.17, 15) is 0 Å². The third-order valence-corrected chi connectivity index (χ3v) is 3.02. The molecule has 1 N–H and O–H groups in total. The molecule has 1 aliphatic heterocycles. The van der Waals surface area contributed by atoms with Crippen molar-refractivity contribution in [1.82, 2.24) is 15.5 Å². The predicted octanol–water partition coefficient (Wildman–Crippen LogP) is -0.0152. The third kappa shape index (κ3) is 1.26. The molecule has 1 aliphatic carbocycles. The van der Waals surface area contributed by atoms with Crippen molar-refractivity contribution in [2.24, 2.45) is 0 Å². The Balaban J connectivity index is 1.84. The molecule has 1 saturated heterocycles. The van der Waals surface area contributed by atoms with E-state index in [4.69, 9.17) is 0 Å². The first-order chi connectivity index (χ1) is 6.93. The number of anilines is 1. The second kappa shape index (κ2) is 3.20. The third-order valence-electron chi connectivity index (χ3n) is 3.02. The van der Waals surface area contributed by atoms with Crippen LogP contribution in [0.2, 0.25) is 0 Å². The first-order valence-electron chi connectivity index (χ1n) is 5.24. The average molecular weight is 190 g/mol. The van der Waals surface area contributed by atoms with Crippen LogP contribution in [0.25, 0.3) is 0 Å². The zero-order valence-electron chi connectivity index (χ0n) is 8.16. The summed E-state index contributed by atoms with van der Waals surface area (Å²) in [7, 11) is 0. The SMILES string of the molecule is c1c(N2CCNCC2)nnc2c1CC2. The van der Waals surface area contributed by atoms with Crippen LogP contribution in [-0.2, 0) is 12.8 Å². The Morgan fingerprint density at radius 2 is 2.00 bits per heavy atom. The molecule has 0 bridgehead atoms. The highest BCUT2D eigenvalue weighted by Crippen LogP contribution is 2.23. The zero-order valence-corrected chi connectivity index (χ0v) is 8.16. The van der Waals surface area contributed by atoms with Crippen LogP contribution in [-0.4, -0.2) is 36.4 Å². The van der Waals surface area contributed by atoms with Crippen molar-refractivity contribution in [2.75, 3.05) is 31.1 Å². The molecule has 4 heteroatoms. The number of fused-ring (bicyclic) bond motifs is 1. The Kier molecular flexibility index (Phi) is 1.87. The van der Waals surface area contributed by atoms with Crippen molar-refractivity contribution in [3.63, 3.8) is 0 Å². The van der Waals surface area contributed by atoms with Crippen LogP contribution in [0.4, 0.5) is 5.82 Å². The molecule has 3 rings (SSSR count). The summed E-state index contributed by atoms with van der Waals surface area (Å²) in [5, 5.41) is 11.8. The van der Waals surface area contributed by atoms with Gasteiger partial charge in [0.1, 0.15) is 0 Å². The number of hydrogen-bond donors (Lipinski definition) is 1. The first-order valence-corrected chi connectivity index (χ1v) is 5.24. The molecule has 2 aliphatic rings. The lowest BCUT2D eigenvalue weighted by molar-refractivity contribution is 0.579. The summed E-state index contributed by atoms with van der Waals surface area (Å²) < 4.78 is 0. The lowest BCUT2D eigenvalue weighted by Crippen LogP contribution is -2.44. The minimum atomic E-state index is 1.05. The van der Waals surface area contributed by atoms with Crippen LogP contribution in [0.5, 0.6) is 0 Å². The molecule has 0 spiro atoms. The zero-order chi connectivity index (χ0) is 9.38. The standard InChI is InChI=1S/C10H14N4/c1-2-9-8(1)7-10(13-12-9)14-5-3-11-4-6-14/h7,11H,1-6H2. The molecule has 4 nitrogen and oxygen atoms in total. The quantitative estimate of drug-likeness (QED) is 0.676. The Morgan fingerprint density at radius 3 is 2.64 bits per heavy atom. The summed E-state index contributed by atoms with van der Waals surface area (Å²) in [6.07, 6.45) is 2.30. The number of hydrogen-bond acceptors (Lipinski definition) is 4. The van der Waals surface area contributed by atoms with E-state index in [2.05, 4.69) is 26.5 Å². The van der Waals surface area contributed by atoms with Gasteiger partial charge in [0.15, 0.2) is 5.82 Å². The number of nitrogens with one attached hydrogen (secondary N) is 1. The van der Waals surface area contributed by atoms with Crippen LogP contribution in [0.15, 0.2) is 6.07 Å². The van der Waals surface area contributed by atoms with Crippen LogP contribution in [0, 0.1) is 0 Å². The van der Waals surface area contributed by atoms with E-state index in [-0.39, 0.29) is 0 Å². The molecule has 14 heavy (non-hydrogen) atoms. The van der Waals surface area contributed by atoms with Gasteiger partial charge in [-0.1, -0.05) is 0 Å². The van der Waals surface area contributed by atoms with Gasteiger partial charge in [0.2, 0.25) is 0 Å². The summed E-state index contributed by atoms with van der Waals surface area (Å²) in [6.45, 7) is 4.21. The number of piperazine rings is 1. The Morgan fingerprint density at radius 1 is 1.14 bits per heavy atom. The van der Waals surface area contributed by atoms with Gasteiger partial charge in [0.05, 0.1) is 5.69 Å². The van der Waals surface area contributed by atoms with Crippen LogP contribution in [0.3, 0.4) is 0 Å². The van der Waals surface area contributed by atoms with E-state index in [1.807, 2.05) is 0 Å². The summed E-state index contributed by atoms with van der Waals surface area (Å²) in [5.74, 6) is 1.06. The maximum absolute atomic E-state index is 4.26. The van der Waals surface area contributed by atoms with Crippen LogP contribution in [0.1, 0.15) is 11.3 Å². The molecule has 0 radical (unpaired) electrons. The van der Waals surface area contributed by atoms with Gasteiger partial charge in [-0.25, -0.2) is 0 Å². The van der Waals surface area contributed by atoms with Gasteiger partial charge in [0, 0.05) is 26.2 Å². The molecule has 0 amide bonds. The van der Waals surface area contributed by atoms with E-state index in [0.29, 0.717) is 0 Å². The smallest absolute Gasteiger partial charge is 0.151 e. The Bertz CT molecular complexity index is 344. The van der Waals surface area contributed by atoms with E-state index < -0.39 is 0 Å². The number of nitrogens with zero attached hydrogens (tertiary/aromatic N) is 3. The van der Waals surface area contributed by atoms with Crippen LogP contribution < -0.4 is 10.2 Å². The summed E-state index contributed by atoms with van der Waals surface area (Å²) >= 11 is 0. The van der Waals surface area contributed by atoms with Gasteiger partial charge in [-0.2, -0.15) is 5.10 Å². The molecule has 74 valence electrons. The fraction of sp³-hybridized carbons (Fsp3) is 0.600. The highest BCUT2D eigenvalue weighted by Gasteiger charge is 2.19. The van der Waals surface area contributed by atoms with Gasteiger partial charge in [-0.15, -0.1) is 5.10 Å².